The van der Waals surface area contributed by atoms with Crippen LogP contribution < -0.4 is 4.90 Å². The highest BCUT2D eigenvalue weighted by Crippen LogP contribution is 2.32. The monoisotopic (exact) mass is 472 g/mol. The summed E-state index contributed by atoms with van der Waals surface area (Å²) >= 11 is 0. The lowest BCUT2D eigenvalue weighted by molar-refractivity contribution is -0.123. The van der Waals surface area contributed by atoms with Gasteiger partial charge in [0, 0.05) is 42.7 Å². The van der Waals surface area contributed by atoms with E-state index in [2.05, 4.69) is 22.1 Å². The highest BCUT2D eigenvalue weighted by atomic mass is 16.4. The molecule has 9 nitrogen and oxygen atoms in total. The van der Waals surface area contributed by atoms with Crippen LogP contribution in [0, 0.1) is 11.8 Å². The first-order chi connectivity index (χ1) is 16.9. The average molecular weight is 473 g/mol. The maximum atomic E-state index is 13.3. The van der Waals surface area contributed by atoms with Gasteiger partial charge in [-0.2, -0.15) is 5.10 Å². The minimum absolute atomic E-state index is 0.0138. The number of benzene rings is 1. The van der Waals surface area contributed by atoms with Crippen molar-refractivity contribution >= 4 is 23.3 Å². The standard InChI is InChI=1S/C26H28N6O3/c1-3-30(25(33)19-7-5-17(2)6-8-19)24-21(26(34)35)16-32(29-24)20-11-9-18(10-12-20)22-15-23-27-13-4-14-31(23)28-22/h4,9-17,19H,3,5-8H2,1-2H3,(H,34,35). The van der Waals surface area contributed by atoms with Crippen molar-refractivity contribution in [2.45, 2.75) is 39.5 Å². The number of carbonyl (C=O) groups excluding carboxylic acids is 1. The van der Waals surface area contributed by atoms with Crippen LogP contribution in [-0.2, 0) is 4.79 Å². The van der Waals surface area contributed by atoms with Gasteiger partial charge in [0.05, 0.1) is 11.4 Å². The summed E-state index contributed by atoms with van der Waals surface area (Å²) in [6, 6.07) is 11.3. The van der Waals surface area contributed by atoms with Crippen LogP contribution in [0.15, 0.2) is 55.0 Å². The zero-order chi connectivity index (χ0) is 24.5. The highest BCUT2D eigenvalue weighted by molar-refractivity contribution is 6.01. The number of fused-ring (bicyclic) bond motifs is 1. The van der Waals surface area contributed by atoms with Gasteiger partial charge >= 0.3 is 5.97 Å². The van der Waals surface area contributed by atoms with E-state index in [-0.39, 0.29) is 23.2 Å². The molecule has 3 heterocycles. The van der Waals surface area contributed by atoms with Gasteiger partial charge in [0.25, 0.3) is 0 Å². The van der Waals surface area contributed by atoms with Gasteiger partial charge in [-0.25, -0.2) is 19.0 Å². The van der Waals surface area contributed by atoms with Crippen molar-refractivity contribution in [1.29, 1.82) is 0 Å². The van der Waals surface area contributed by atoms with Gasteiger partial charge in [-0.3, -0.25) is 9.69 Å². The van der Waals surface area contributed by atoms with Gasteiger partial charge in [-0.15, -0.1) is 5.10 Å². The van der Waals surface area contributed by atoms with E-state index in [4.69, 9.17) is 0 Å². The first kappa shape index (κ1) is 22.8. The minimum Gasteiger partial charge on any atom is -0.477 e. The van der Waals surface area contributed by atoms with Crippen LogP contribution in [0.2, 0.25) is 0 Å². The number of aromatic nitrogens is 5. The number of aromatic carboxylic acids is 1. The summed E-state index contributed by atoms with van der Waals surface area (Å²) in [7, 11) is 0. The van der Waals surface area contributed by atoms with Gasteiger partial charge in [-0.05, 0) is 56.7 Å². The van der Waals surface area contributed by atoms with Crippen LogP contribution in [0.4, 0.5) is 5.82 Å². The topological polar surface area (TPSA) is 106 Å². The summed E-state index contributed by atoms with van der Waals surface area (Å²) in [5, 5.41) is 18.9. The number of anilines is 1. The second kappa shape index (κ2) is 9.32. The van der Waals surface area contributed by atoms with E-state index < -0.39 is 5.97 Å². The summed E-state index contributed by atoms with van der Waals surface area (Å²) in [5.74, 6) is -0.412. The van der Waals surface area contributed by atoms with Crippen molar-refractivity contribution in [2.24, 2.45) is 11.8 Å². The normalized spacial score (nSPS) is 18.0. The van der Waals surface area contributed by atoms with Gasteiger partial charge in [0.2, 0.25) is 5.91 Å². The SMILES string of the molecule is CCN(C(=O)C1CCC(C)CC1)c1nn(-c2ccc(-c3cc4ncccn4n3)cc2)cc1C(=O)O. The summed E-state index contributed by atoms with van der Waals surface area (Å²) in [5.41, 5.74) is 3.15. The van der Waals surface area contributed by atoms with E-state index in [0.29, 0.717) is 18.2 Å². The van der Waals surface area contributed by atoms with E-state index in [0.717, 1.165) is 42.6 Å². The van der Waals surface area contributed by atoms with Crippen LogP contribution in [-0.4, -0.2) is 47.9 Å². The number of amides is 1. The number of rotatable bonds is 6. The number of hydrogen-bond donors (Lipinski definition) is 1. The molecule has 35 heavy (non-hydrogen) atoms. The van der Waals surface area contributed by atoms with Gasteiger partial charge in [0.15, 0.2) is 11.5 Å². The van der Waals surface area contributed by atoms with E-state index >= 15 is 0 Å². The summed E-state index contributed by atoms with van der Waals surface area (Å²) in [6.45, 7) is 4.43. The molecule has 0 radical (unpaired) electrons. The fraction of sp³-hybridized carbons (Fsp3) is 0.346. The number of carbonyl (C=O) groups is 2. The van der Waals surface area contributed by atoms with Crippen molar-refractivity contribution in [3.8, 4) is 16.9 Å². The first-order valence-electron chi connectivity index (χ1n) is 12.0. The number of hydrogen-bond acceptors (Lipinski definition) is 5. The van der Waals surface area contributed by atoms with Crippen LogP contribution in [0.5, 0.6) is 0 Å². The fourth-order valence-corrected chi connectivity index (χ4v) is 4.74. The van der Waals surface area contributed by atoms with Crippen LogP contribution in [0.1, 0.15) is 49.9 Å². The number of carboxylic acids is 1. The lowest BCUT2D eigenvalue weighted by Gasteiger charge is -2.29. The van der Waals surface area contributed by atoms with Crippen LogP contribution in [0.3, 0.4) is 0 Å². The fourth-order valence-electron chi connectivity index (χ4n) is 4.74. The molecule has 1 aliphatic carbocycles. The molecule has 0 saturated heterocycles. The van der Waals surface area contributed by atoms with Crippen LogP contribution in [0.25, 0.3) is 22.6 Å². The maximum Gasteiger partial charge on any atom is 0.341 e. The molecule has 1 aromatic carbocycles. The molecule has 1 amide bonds. The Morgan fingerprint density at radius 2 is 1.86 bits per heavy atom. The van der Waals surface area contributed by atoms with Gasteiger partial charge in [-0.1, -0.05) is 19.1 Å². The molecule has 1 N–H and O–H groups in total. The van der Waals surface area contributed by atoms with Crippen molar-refractivity contribution < 1.29 is 14.7 Å². The lowest BCUT2D eigenvalue weighted by atomic mass is 9.82. The molecule has 1 saturated carbocycles. The molecule has 0 unspecified atom stereocenters. The van der Waals surface area contributed by atoms with E-state index in [1.54, 1.807) is 10.7 Å². The zero-order valence-corrected chi connectivity index (χ0v) is 19.8. The van der Waals surface area contributed by atoms with Gasteiger partial charge in [0.1, 0.15) is 5.56 Å². The van der Waals surface area contributed by atoms with Gasteiger partial charge < -0.3 is 5.11 Å². The Kier molecular flexibility index (Phi) is 6.07. The largest absolute Gasteiger partial charge is 0.477 e. The molecular weight excluding hydrogens is 444 g/mol. The molecule has 3 aromatic heterocycles. The van der Waals surface area contributed by atoms with Crippen molar-refractivity contribution in [3.05, 3.63) is 60.6 Å². The maximum absolute atomic E-state index is 13.3. The third kappa shape index (κ3) is 4.41. The second-order valence-electron chi connectivity index (χ2n) is 9.15. The summed E-state index contributed by atoms with van der Waals surface area (Å²) in [4.78, 5) is 31.2. The summed E-state index contributed by atoms with van der Waals surface area (Å²) < 4.78 is 3.23. The third-order valence-corrected chi connectivity index (χ3v) is 6.79. The third-order valence-electron chi connectivity index (χ3n) is 6.79. The molecule has 180 valence electrons. The van der Waals surface area contributed by atoms with Crippen molar-refractivity contribution in [3.63, 3.8) is 0 Å². The molecular formula is C26H28N6O3. The number of carboxylic acid groups (broad SMARTS) is 1. The Morgan fingerprint density at radius 3 is 2.51 bits per heavy atom. The van der Waals surface area contributed by atoms with E-state index in [1.165, 1.54) is 15.8 Å². The lowest BCUT2D eigenvalue weighted by Crippen LogP contribution is -2.38. The highest BCUT2D eigenvalue weighted by Gasteiger charge is 2.32. The Bertz CT molecular complexity index is 1330. The molecule has 5 rings (SSSR count). The second-order valence-corrected chi connectivity index (χ2v) is 9.15. The molecule has 0 aliphatic heterocycles. The molecule has 1 aliphatic rings. The predicted octanol–water partition coefficient (Wildman–Crippen LogP) is 4.46. The van der Waals surface area contributed by atoms with E-state index in [1.807, 2.05) is 49.5 Å². The summed E-state index contributed by atoms with van der Waals surface area (Å²) in [6.07, 6.45) is 8.73. The molecule has 0 bridgehead atoms. The van der Waals surface area contributed by atoms with Crippen molar-refractivity contribution in [2.75, 3.05) is 11.4 Å². The molecule has 0 spiro atoms. The molecule has 0 atom stereocenters. The minimum atomic E-state index is -1.11. The van der Waals surface area contributed by atoms with Crippen molar-refractivity contribution in [1.82, 2.24) is 24.4 Å². The Balaban J connectivity index is 1.43. The molecule has 1 fully saturated rings. The Hall–Kier alpha value is -4.01. The predicted molar refractivity (Wildman–Crippen MR) is 132 cm³/mol. The zero-order valence-electron chi connectivity index (χ0n) is 19.8. The van der Waals surface area contributed by atoms with Crippen LogP contribution >= 0.6 is 0 Å². The number of nitrogens with zero attached hydrogens (tertiary/aromatic N) is 6. The first-order valence-corrected chi connectivity index (χ1v) is 12.0. The Labute approximate surface area is 203 Å². The molecule has 9 heteroatoms. The van der Waals surface area contributed by atoms with E-state index in [9.17, 15) is 14.7 Å². The molecule has 4 aromatic rings. The average Bonchev–Trinajstić information content (AvgIpc) is 3.50. The quantitative estimate of drug-likeness (QED) is 0.444. The Morgan fingerprint density at radius 1 is 1.11 bits per heavy atom. The smallest absolute Gasteiger partial charge is 0.341 e.